The van der Waals surface area contributed by atoms with E-state index in [1.165, 1.54) is 17.4 Å². The molecule has 0 aliphatic carbocycles. The van der Waals surface area contributed by atoms with Crippen LogP contribution in [-0.4, -0.2) is 21.1 Å². The lowest BCUT2D eigenvalue weighted by Gasteiger charge is -1.99. The molecule has 2 heterocycles. The van der Waals surface area contributed by atoms with E-state index in [1.807, 2.05) is 12.3 Å². The van der Waals surface area contributed by atoms with Crippen LogP contribution in [0.15, 0.2) is 28.1 Å². The Morgan fingerprint density at radius 3 is 2.88 bits per heavy atom. The van der Waals surface area contributed by atoms with Crippen molar-refractivity contribution >= 4 is 17.3 Å². The quantitative estimate of drug-likeness (QED) is 0.659. The molecule has 0 amide bonds. The van der Waals surface area contributed by atoms with Crippen molar-refractivity contribution in [3.05, 3.63) is 51.6 Å². The second-order valence-electron chi connectivity index (χ2n) is 5.17. The average molecular weight is 347 g/mol. The first-order valence-electron chi connectivity index (χ1n) is 7.17. The fraction of sp³-hybridized carbons (Fsp3) is 0.250. The highest BCUT2D eigenvalue weighted by Crippen LogP contribution is 2.19. The summed E-state index contributed by atoms with van der Waals surface area (Å²) in [6, 6.07) is 4.67. The highest BCUT2D eigenvalue weighted by Gasteiger charge is 2.13. The van der Waals surface area contributed by atoms with Crippen LogP contribution in [-0.2, 0) is 22.6 Å². The van der Waals surface area contributed by atoms with Gasteiger partial charge in [-0.15, -0.1) is 11.3 Å². The van der Waals surface area contributed by atoms with Crippen molar-refractivity contribution in [2.75, 3.05) is 0 Å². The number of hydrogen-bond acceptors (Lipinski definition) is 7. The Labute approximate surface area is 141 Å². The lowest BCUT2D eigenvalue weighted by molar-refractivity contribution is -0.144. The smallest absolute Gasteiger partial charge is 0.312 e. The van der Waals surface area contributed by atoms with Gasteiger partial charge in [-0.05, 0) is 25.5 Å². The summed E-state index contributed by atoms with van der Waals surface area (Å²) in [5.74, 6) is -0.380. The van der Waals surface area contributed by atoms with E-state index in [4.69, 9.17) is 9.26 Å². The van der Waals surface area contributed by atoms with Gasteiger partial charge in [0.2, 0.25) is 5.82 Å². The first-order chi connectivity index (χ1) is 11.5. The molecule has 0 unspecified atom stereocenters. The maximum absolute atomic E-state index is 13.6. The first-order valence-corrected chi connectivity index (χ1v) is 8.05. The van der Waals surface area contributed by atoms with Crippen LogP contribution in [0.5, 0.6) is 0 Å². The maximum atomic E-state index is 13.6. The van der Waals surface area contributed by atoms with Gasteiger partial charge in [0.15, 0.2) is 6.61 Å². The zero-order valence-electron chi connectivity index (χ0n) is 13.1. The number of esters is 1. The number of nitrogens with zero attached hydrogens (tertiary/aromatic N) is 3. The summed E-state index contributed by atoms with van der Waals surface area (Å²) < 4.78 is 23.7. The van der Waals surface area contributed by atoms with Gasteiger partial charge in [0.05, 0.1) is 17.1 Å². The maximum Gasteiger partial charge on any atom is 0.312 e. The number of thiazole rings is 1. The Balaban J connectivity index is 1.59. The molecule has 0 N–H and O–H groups in total. The summed E-state index contributed by atoms with van der Waals surface area (Å²) in [5.41, 5.74) is 1.70. The highest BCUT2D eigenvalue weighted by molar-refractivity contribution is 7.09. The van der Waals surface area contributed by atoms with E-state index in [-0.39, 0.29) is 30.6 Å². The molecule has 0 atom stereocenters. The molecular weight excluding hydrogens is 333 g/mol. The number of aromatic nitrogens is 3. The van der Waals surface area contributed by atoms with Crippen molar-refractivity contribution in [2.45, 2.75) is 26.9 Å². The van der Waals surface area contributed by atoms with Crippen LogP contribution in [0.2, 0.25) is 0 Å². The van der Waals surface area contributed by atoms with Crippen molar-refractivity contribution in [1.29, 1.82) is 0 Å². The van der Waals surface area contributed by atoms with E-state index in [0.717, 1.165) is 5.01 Å². The summed E-state index contributed by atoms with van der Waals surface area (Å²) in [6.07, 6.45) is 0.0918. The zero-order valence-corrected chi connectivity index (χ0v) is 13.9. The van der Waals surface area contributed by atoms with Crippen LogP contribution < -0.4 is 0 Å². The molecule has 0 aliphatic heterocycles. The molecule has 6 nitrogen and oxygen atoms in total. The van der Waals surface area contributed by atoms with Gasteiger partial charge in [-0.1, -0.05) is 17.3 Å². The SMILES string of the molecule is Cc1nc(CC(=O)OCc2nc(-c3ccc(C)c(F)c3)no2)cs1. The van der Waals surface area contributed by atoms with Crippen LogP contribution in [0.3, 0.4) is 0 Å². The molecule has 0 aliphatic rings. The first kappa shape index (κ1) is 16.3. The van der Waals surface area contributed by atoms with Crippen LogP contribution >= 0.6 is 11.3 Å². The molecule has 0 radical (unpaired) electrons. The molecule has 1 aromatic carbocycles. The van der Waals surface area contributed by atoms with Crippen molar-refractivity contribution in [3.8, 4) is 11.4 Å². The molecule has 3 rings (SSSR count). The van der Waals surface area contributed by atoms with E-state index in [1.54, 1.807) is 19.1 Å². The number of carbonyl (C=O) groups excluding carboxylic acids is 1. The molecule has 0 fully saturated rings. The van der Waals surface area contributed by atoms with Crippen molar-refractivity contribution < 1.29 is 18.4 Å². The number of benzene rings is 1. The van der Waals surface area contributed by atoms with Gasteiger partial charge >= 0.3 is 5.97 Å². The third-order valence-electron chi connectivity index (χ3n) is 3.25. The van der Waals surface area contributed by atoms with Gasteiger partial charge in [-0.25, -0.2) is 9.37 Å². The number of halogens is 1. The van der Waals surface area contributed by atoms with E-state index in [2.05, 4.69) is 15.1 Å². The lowest BCUT2D eigenvalue weighted by Crippen LogP contribution is -2.08. The summed E-state index contributed by atoms with van der Waals surface area (Å²) in [7, 11) is 0. The van der Waals surface area contributed by atoms with Gasteiger partial charge < -0.3 is 9.26 Å². The van der Waals surface area contributed by atoms with Gasteiger partial charge in [-0.3, -0.25) is 4.79 Å². The van der Waals surface area contributed by atoms with Crippen LogP contribution in [0, 0.1) is 19.7 Å². The Bertz CT molecular complexity index is 875. The van der Waals surface area contributed by atoms with Crippen molar-refractivity contribution in [1.82, 2.24) is 15.1 Å². The molecule has 124 valence electrons. The predicted molar refractivity (Wildman–Crippen MR) is 84.8 cm³/mol. The minimum Gasteiger partial charge on any atom is -0.455 e. The fourth-order valence-electron chi connectivity index (χ4n) is 1.99. The Kier molecular flexibility index (Phi) is 4.66. The minimum absolute atomic E-state index is 0.0918. The lowest BCUT2D eigenvalue weighted by atomic mass is 10.1. The second kappa shape index (κ2) is 6.88. The van der Waals surface area contributed by atoms with Gasteiger partial charge in [0.1, 0.15) is 5.82 Å². The van der Waals surface area contributed by atoms with Gasteiger partial charge in [-0.2, -0.15) is 4.98 Å². The van der Waals surface area contributed by atoms with Crippen molar-refractivity contribution in [2.24, 2.45) is 0 Å². The van der Waals surface area contributed by atoms with E-state index < -0.39 is 5.97 Å². The predicted octanol–water partition coefficient (Wildman–Crippen LogP) is 3.23. The molecule has 0 bridgehead atoms. The fourth-order valence-corrected chi connectivity index (χ4v) is 2.61. The van der Waals surface area contributed by atoms with Crippen molar-refractivity contribution in [3.63, 3.8) is 0 Å². The molecule has 0 saturated heterocycles. The Morgan fingerprint density at radius 1 is 1.33 bits per heavy atom. The van der Waals surface area contributed by atoms with E-state index >= 15 is 0 Å². The van der Waals surface area contributed by atoms with E-state index in [9.17, 15) is 9.18 Å². The Morgan fingerprint density at radius 2 is 2.17 bits per heavy atom. The number of rotatable bonds is 5. The minimum atomic E-state index is -0.429. The standard InChI is InChI=1S/C16H14FN3O3S/c1-9-3-4-11(5-13(9)17)16-19-14(23-20-16)7-22-15(21)6-12-8-24-10(2)18-12/h3-5,8H,6-7H2,1-2H3. The van der Waals surface area contributed by atoms with Gasteiger partial charge in [0, 0.05) is 10.9 Å². The third kappa shape index (κ3) is 3.83. The Hall–Kier alpha value is -2.61. The van der Waals surface area contributed by atoms with Crippen LogP contribution in [0.4, 0.5) is 4.39 Å². The molecule has 3 aromatic rings. The molecular formula is C16H14FN3O3S. The van der Waals surface area contributed by atoms with Crippen LogP contribution in [0.1, 0.15) is 22.2 Å². The number of ether oxygens (including phenoxy) is 1. The molecule has 0 spiro atoms. The van der Waals surface area contributed by atoms with E-state index in [0.29, 0.717) is 16.8 Å². The zero-order chi connectivity index (χ0) is 17.1. The monoisotopic (exact) mass is 347 g/mol. The number of aryl methyl sites for hydroxylation is 2. The largest absolute Gasteiger partial charge is 0.455 e. The van der Waals surface area contributed by atoms with Gasteiger partial charge in [0.25, 0.3) is 5.89 Å². The summed E-state index contributed by atoms with van der Waals surface area (Å²) in [5, 5.41) is 6.47. The normalized spacial score (nSPS) is 10.8. The molecule has 2 aromatic heterocycles. The topological polar surface area (TPSA) is 78.1 Å². The number of carbonyl (C=O) groups is 1. The highest BCUT2D eigenvalue weighted by atomic mass is 32.1. The summed E-state index contributed by atoms with van der Waals surface area (Å²) in [6.45, 7) is 3.40. The summed E-state index contributed by atoms with van der Waals surface area (Å²) in [4.78, 5) is 20.1. The number of hydrogen-bond donors (Lipinski definition) is 0. The summed E-state index contributed by atoms with van der Waals surface area (Å²) >= 11 is 1.47. The molecule has 8 heteroatoms. The molecule has 0 saturated carbocycles. The average Bonchev–Trinajstić information content (AvgIpc) is 3.17. The third-order valence-corrected chi connectivity index (χ3v) is 4.07. The second-order valence-corrected chi connectivity index (χ2v) is 6.23. The van der Waals surface area contributed by atoms with Crippen LogP contribution in [0.25, 0.3) is 11.4 Å². The molecule has 24 heavy (non-hydrogen) atoms.